The lowest BCUT2D eigenvalue weighted by molar-refractivity contribution is -0.117. The van der Waals surface area contributed by atoms with Gasteiger partial charge in [-0.15, -0.1) is 0 Å². The number of hydrogen-bond donors (Lipinski definition) is 0. The summed E-state index contributed by atoms with van der Waals surface area (Å²) in [5, 5.41) is 0.0671. The third kappa shape index (κ3) is 4.50. The summed E-state index contributed by atoms with van der Waals surface area (Å²) in [5.41, 5.74) is 0.190. The van der Waals surface area contributed by atoms with E-state index in [4.69, 9.17) is 16.3 Å². The summed E-state index contributed by atoms with van der Waals surface area (Å²) in [7, 11) is -3.45. The number of carbonyl (C=O) groups excluding carboxylic acids is 2. The molecule has 5 nitrogen and oxygen atoms in total. The zero-order valence-electron chi connectivity index (χ0n) is 14.7. The highest BCUT2D eigenvalue weighted by Crippen LogP contribution is 2.35. The van der Waals surface area contributed by atoms with E-state index in [1.54, 1.807) is 6.92 Å². The van der Waals surface area contributed by atoms with Crippen LogP contribution in [0.5, 0.6) is 0 Å². The lowest BCUT2D eigenvalue weighted by atomic mass is 9.79. The SMILES string of the molecule is CCc1c(S(C)(=O)=O)ccc(C(=O)OC2=CC(=O)CC(C)(C)C2)c1Cl. The molecule has 0 saturated carbocycles. The van der Waals surface area contributed by atoms with Crippen LogP contribution >= 0.6 is 11.6 Å². The smallest absolute Gasteiger partial charge is 0.344 e. The van der Waals surface area contributed by atoms with Crippen LogP contribution in [0.15, 0.2) is 28.9 Å². The Bertz CT molecular complexity index is 866. The predicted octanol–water partition coefficient (Wildman–Crippen LogP) is 3.74. The summed E-state index contributed by atoms with van der Waals surface area (Å²) in [4.78, 5) is 24.3. The zero-order valence-corrected chi connectivity index (χ0v) is 16.3. The summed E-state index contributed by atoms with van der Waals surface area (Å²) in [5.74, 6) is -0.490. The Morgan fingerprint density at radius 2 is 1.92 bits per heavy atom. The predicted molar refractivity (Wildman–Crippen MR) is 95.5 cm³/mol. The maximum atomic E-state index is 12.5. The maximum absolute atomic E-state index is 12.5. The van der Waals surface area contributed by atoms with E-state index in [0.29, 0.717) is 30.6 Å². The molecule has 0 unspecified atom stereocenters. The molecule has 0 saturated heterocycles. The molecule has 0 N–H and O–H groups in total. The van der Waals surface area contributed by atoms with Crippen LogP contribution in [0.4, 0.5) is 0 Å². The molecule has 2 rings (SSSR count). The van der Waals surface area contributed by atoms with Gasteiger partial charge >= 0.3 is 5.97 Å². The molecule has 0 spiro atoms. The van der Waals surface area contributed by atoms with Crippen LogP contribution in [0.25, 0.3) is 0 Å². The minimum atomic E-state index is -3.45. The van der Waals surface area contributed by atoms with Gasteiger partial charge in [0.25, 0.3) is 0 Å². The molecule has 1 aliphatic carbocycles. The molecule has 1 aromatic carbocycles. The van der Waals surface area contributed by atoms with Crippen LogP contribution < -0.4 is 0 Å². The van der Waals surface area contributed by atoms with Crippen molar-refractivity contribution in [2.75, 3.05) is 6.26 Å². The first kappa shape index (κ1) is 19.7. The number of esters is 1. The second-order valence-corrected chi connectivity index (χ2v) is 9.38. The molecule has 0 aromatic heterocycles. The lowest BCUT2D eigenvalue weighted by Gasteiger charge is -2.28. The van der Waals surface area contributed by atoms with Crippen molar-refractivity contribution in [3.8, 4) is 0 Å². The number of allylic oxidation sites excluding steroid dienone is 2. The Morgan fingerprint density at radius 1 is 1.28 bits per heavy atom. The maximum Gasteiger partial charge on any atom is 0.344 e. The second-order valence-electron chi connectivity index (χ2n) is 7.01. The highest BCUT2D eigenvalue weighted by atomic mass is 35.5. The van der Waals surface area contributed by atoms with Crippen molar-refractivity contribution in [2.45, 2.75) is 44.9 Å². The molecule has 0 aliphatic heterocycles. The Labute approximate surface area is 152 Å². The fraction of sp³-hybridized carbons (Fsp3) is 0.444. The average molecular weight is 385 g/mol. The fourth-order valence-electron chi connectivity index (χ4n) is 2.97. The highest BCUT2D eigenvalue weighted by Gasteiger charge is 2.30. The Hall–Kier alpha value is -1.66. The molecule has 136 valence electrons. The normalized spacial score (nSPS) is 17.2. The first-order valence-corrected chi connectivity index (χ1v) is 10.2. The van der Waals surface area contributed by atoms with Gasteiger partial charge in [-0.25, -0.2) is 13.2 Å². The van der Waals surface area contributed by atoms with Gasteiger partial charge in [0, 0.05) is 25.2 Å². The van der Waals surface area contributed by atoms with Crippen molar-refractivity contribution in [3.63, 3.8) is 0 Å². The molecule has 0 heterocycles. The molecule has 0 amide bonds. The summed E-state index contributed by atoms with van der Waals surface area (Å²) < 4.78 is 29.1. The molecule has 7 heteroatoms. The summed E-state index contributed by atoms with van der Waals surface area (Å²) in [6.45, 7) is 5.61. The van der Waals surface area contributed by atoms with Crippen LogP contribution in [0, 0.1) is 5.41 Å². The summed E-state index contributed by atoms with van der Waals surface area (Å²) in [6.07, 6.45) is 3.65. The molecular formula is C18H21ClO5S. The van der Waals surface area contributed by atoms with Crippen LogP contribution in [0.3, 0.4) is 0 Å². The minimum Gasteiger partial charge on any atom is -0.427 e. The molecule has 25 heavy (non-hydrogen) atoms. The number of sulfone groups is 1. The third-order valence-corrected chi connectivity index (χ3v) is 5.64. The Kier molecular flexibility index (Phi) is 5.44. The van der Waals surface area contributed by atoms with Gasteiger partial charge in [0.1, 0.15) is 5.76 Å². The standard InChI is InChI=1S/C18H21ClO5S/c1-5-13-15(25(4,22)23)7-6-14(16(13)19)17(21)24-12-8-11(20)9-18(2,3)10-12/h6-8H,5,9-10H2,1-4H3. The van der Waals surface area contributed by atoms with Gasteiger partial charge in [0.05, 0.1) is 15.5 Å². The van der Waals surface area contributed by atoms with Crippen LogP contribution in [0.1, 0.15) is 49.5 Å². The molecular weight excluding hydrogens is 364 g/mol. The van der Waals surface area contributed by atoms with Crippen molar-refractivity contribution in [1.82, 2.24) is 0 Å². The third-order valence-electron chi connectivity index (χ3n) is 4.02. The van der Waals surface area contributed by atoms with Crippen molar-refractivity contribution < 1.29 is 22.7 Å². The molecule has 1 aliphatic rings. The van der Waals surface area contributed by atoms with Crippen molar-refractivity contribution >= 4 is 33.2 Å². The van der Waals surface area contributed by atoms with Gasteiger partial charge in [-0.2, -0.15) is 0 Å². The van der Waals surface area contributed by atoms with E-state index in [1.165, 1.54) is 18.2 Å². The number of halogens is 1. The van der Waals surface area contributed by atoms with Crippen molar-refractivity contribution in [3.05, 3.63) is 40.1 Å². The summed E-state index contributed by atoms with van der Waals surface area (Å²) in [6, 6.07) is 2.71. The quantitative estimate of drug-likeness (QED) is 0.739. The van der Waals surface area contributed by atoms with E-state index >= 15 is 0 Å². The van der Waals surface area contributed by atoms with Gasteiger partial charge in [-0.05, 0) is 29.5 Å². The average Bonchev–Trinajstić information content (AvgIpc) is 2.43. The molecule has 1 aromatic rings. The number of rotatable bonds is 4. The Morgan fingerprint density at radius 3 is 2.44 bits per heavy atom. The van der Waals surface area contributed by atoms with Crippen molar-refractivity contribution in [2.24, 2.45) is 5.41 Å². The summed E-state index contributed by atoms with van der Waals surface area (Å²) >= 11 is 6.27. The van der Waals surface area contributed by atoms with Crippen molar-refractivity contribution in [1.29, 1.82) is 0 Å². The van der Waals surface area contributed by atoms with Gasteiger partial charge in [0.2, 0.25) is 0 Å². The largest absolute Gasteiger partial charge is 0.427 e. The first-order chi connectivity index (χ1) is 11.4. The molecule has 0 bridgehead atoms. The van der Waals surface area contributed by atoms with E-state index in [-0.39, 0.29) is 26.7 Å². The zero-order chi connectivity index (χ0) is 19.0. The van der Waals surface area contributed by atoms with Crippen LogP contribution in [-0.4, -0.2) is 26.4 Å². The number of hydrogen-bond acceptors (Lipinski definition) is 5. The van der Waals surface area contributed by atoms with E-state index in [9.17, 15) is 18.0 Å². The van der Waals surface area contributed by atoms with E-state index < -0.39 is 15.8 Å². The topological polar surface area (TPSA) is 77.5 Å². The van der Waals surface area contributed by atoms with E-state index in [2.05, 4.69) is 0 Å². The molecule has 0 atom stereocenters. The van der Waals surface area contributed by atoms with Crippen LogP contribution in [-0.2, 0) is 25.8 Å². The Balaban J connectivity index is 2.36. The number of ether oxygens (including phenoxy) is 1. The second kappa shape index (κ2) is 6.92. The van der Waals surface area contributed by atoms with Gasteiger partial charge in [-0.1, -0.05) is 32.4 Å². The molecule has 0 radical (unpaired) electrons. The number of ketones is 1. The van der Waals surface area contributed by atoms with Gasteiger partial charge in [0.15, 0.2) is 15.6 Å². The molecule has 0 fully saturated rings. The van der Waals surface area contributed by atoms with E-state index in [1.807, 2.05) is 13.8 Å². The first-order valence-electron chi connectivity index (χ1n) is 7.91. The number of carbonyl (C=O) groups is 2. The minimum absolute atomic E-state index is 0.0671. The highest BCUT2D eigenvalue weighted by molar-refractivity contribution is 7.90. The monoisotopic (exact) mass is 384 g/mol. The fourth-order valence-corrected chi connectivity index (χ4v) is 4.41. The number of benzene rings is 1. The van der Waals surface area contributed by atoms with Crippen LogP contribution in [0.2, 0.25) is 5.02 Å². The van der Waals surface area contributed by atoms with E-state index in [0.717, 1.165) is 6.26 Å². The van der Waals surface area contributed by atoms with Gasteiger partial charge in [-0.3, -0.25) is 4.79 Å². The lowest BCUT2D eigenvalue weighted by Crippen LogP contribution is -2.24. The van der Waals surface area contributed by atoms with Gasteiger partial charge < -0.3 is 4.74 Å².